The molecule has 0 fully saturated rings. The van der Waals surface area contributed by atoms with Crippen LogP contribution in [-0.2, 0) is 7.05 Å². The predicted molar refractivity (Wildman–Crippen MR) is 62.9 cm³/mol. The van der Waals surface area contributed by atoms with Crippen molar-refractivity contribution >= 4 is 29.0 Å². The molecule has 1 aromatic heterocycles. The van der Waals surface area contributed by atoms with Crippen LogP contribution in [0.25, 0.3) is 0 Å². The lowest BCUT2D eigenvalue weighted by Crippen LogP contribution is -2.41. The topological polar surface area (TPSA) is 46.9 Å². The van der Waals surface area contributed by atoms with E-state index < -0.39 is 5.54 Å². The van der Waals surface area contributed by atoms with Gasteiger partial charge in [-0.15, -0.1) is 23.2 Å². The summed E-state index contributed by atoms with van der Waals surface area (Å²) in [4.78, 5) is 15.6. The van der Waals surface area contributed by atoms with E-state index in [0.29, 0.717) is 11.8 Å². The normalized spacial score (nSPS) is 11.5. The Morgan fingerprint density at radius 3 is 2.67 bits per heavy atom. The second-order valence-electron chi connectivity index (χ2n) is 3.64. The molecule has 0 aliphatic carbocycles. The van der Waals surface area contributed by atoms with Crippen LogP contribution in [0.5, 0.6) is 0 Å². The van der Waals surface area contributed by atoms with E-state index in [0.717, 1.165) is 0 Å². The molecule has 0 aliphatic rings. The maximum absolute atomic E-state index is 11.6. The van der Waals surface area contributed by atoms with E-state index in [1.54, 1.807) is 19.4 Å². The summed E-state index contributed by atoms with van der Waals surface area (Å²) in [5.41, 5.74) is -0.720. The first-order valence-corrected chi connectivity index (χ1v) is 5.51. The molecule has 0 spiro atoms. The Balaban J connectivity index is 2.99. The van der Waals surface area contributed by atoms with Crippen molar-refractivity contribution in [3.05, 3.63) is 22.7 Å². The van der Waals surface area contributed by atoms with Crippen molar-refractivity contribution in [2.24, 2.45) is 7.05 Å². The Morgan fingerprint density at radius 2 is 2.13 bits per heavy atom. The first-order chi connectivity index (χ1) is 7.02. The van der Waals surface area contributed by atoms with E-state index >= 15 is 0 Å². The van der Waals surface area contributed by atoms with Gasteiger partial charge in [0.2, 0.25) is 0 Å². The number of nitrogens with one attached hydrogen (secondary N) is 1. The van der Waals surface area contributed by atoms with Gasteiger partial charge in [-0.2, -0.15) is 0 Å². The number of aromatic nitrogens is 2. The fraction of sp³-hybridized carbons (Fsp3) is 0.556. The number of halogens is 2. The van der Waals surface area contributed by atoms with Gasteiger partial charge in [-0.3, -0.25) is 4.79 Å². The molecule has 0 aromatic carbocycles. The van der Waals surface area contributed by atoms with Crippen LogP contribution in [0.4, 0.5) is 5.82 Å². The van der Waals surface area contributed by atoms with Crippen LogP contribution in [0.3, 0.4) is 0 Å². The zero-order valence-corrected chi connectivity index (χ0v) is 10.1. The number of alkyl halides is 2. The number of rotatable bonds is 4. The summed E-state index contributed by atoms with van der Waals surface area (Å²) >= 11 is 11.5. The quantitative estimate of drug-likeness (QED) is 0.822. The van der Waals surface area contributed by atoms with Crippen molar-refractivity contribution in [3.63, 3.8) is 0 Å². The SMILES string of the molecule is Cn1ccnc(NC(C)(CCl)CCl)c1=O. The third-order valence-electron chi connectivity index (χ3n) is 2.03. The average Bonchev–Trinajstić information content (AvgIpc) is 2.25. The van der Waals surface area contributed by atoms with E-state index in [9.17, 15) is 4.79 Å². The molecule has 0 saturated carbocycles. The number of anilines is 1. The maximum atomic E-state index is 11.6. The van der Waals surface area contributed by atoms with Gasteiger partial charge in [0.25, 0.3) is 5.56 Å². The van der Waals surface area contributed by atoms with Crippen LogP contribution in [0.15, 0.2) is 17.2 Å². The lowest BCUT2D eigenvalue weighted by molar-refractivity contribution is 0.640. The minimum Gasteiger partial charge on any atom is -0.358 e. The predicted octanol–water partition coefficient (Wildman–Crippen LogP) is 1.43. The molecule has 0 bridgehead atoms. The summed E-state index contributed by atoms with van der Waals surface area (Å²) < 4.78 is 1.44. The van der Waals surface area contributed by atoms with Crippen molar-refractivity contribution in [1.29, 1.82) is 0 Å². The Hall–Kier alpha value is -0.740. The largest absolute Gasteiger partial charge is 0.358 e. The Bertz CT molecular complexity index is 387. The molecular formula is C9H13Cl2N3O. The molecular weight excluding hydrogens is 237 g/mol. The van der Waals surface area contributed by atoms with Crippen LogP contribution < -0.4 is 10.9 Å². The van der Waals surface area contributed by atoms with Crippen LogP contribution >= 0.6 is 23.2 Å². The molecule has 1 aromatic rings. The van der Waals surface area contributed by atoms with E-state index in [-0.39, 0.29) is 11.4 Å². The summed E-state index contributed by atoms with van der Waals surface area (Å²) in [7, 11) is 1.66. The highest BCUT2D eigenvalue weighted by atomic mass is 35.5. The second kappa shape index (κ2) is 4.86. The van der Waals surface area contributed by atoms with E-state index in [1.807, 2.05) is 6.92 Å². The first kappa shape index (κ1) is 12.3. The van der Waals surface area contributed by atoms with Crippen molar-refractivity contribution in [2.45, 2.75) is 12.5 Å². The van der Waals surface area contributed by atoms with Crippen LogP contribution in [0.1, 0.15) is 6.92 Å². The number of nitrogens with zero attached hydrogens (tertiary/aromatic N) is 2. The molecule has 84 valence electrons. The maximum Gasteiger partial charge on any atom is 0.293 e. The van der Waals surface area contributed by atoms with Gasteiger partial charge in [0.15, 0.2) is 5.82 Å². The third-order valence-corrected chi connectivity index (χ3v) is 3.21. The number of hydrogen-bond donors (Lipinski definition) is 1. The highest BCUT2D eigenvalue weighted by Gasteiger charge is 2.23. The van der Waals surface area contributed by atoms with E-state index in [4.69, 9.17) is 23.2 Å². The molecule has 0 atom stereocenters. The molecule has 0 radical (unpaired) electrons. The Labute approximate surface area is 98.2 Å². The van der Waals surface area contributed by atoms with Crippen molar-refractivity contribution in [1.82, 2.24) is 9.55 Å². The standard InChI is InChI=1S/C9H13Cl2N3O/c1-9(5-10,6-11)13-7-8(15)14(2)4-3-12-7/h3-4H,5-6H2,1-2H3,(H,12,13). The van der Waals surface area contributed by atoms with Gasteiger partial charge in [0.1, 0.15) is 0 Å². The zero-order valence-electron chi connectivity index (χ0n) is 8.63. The molecule has 6 heteroatoms. The molecule has 1 rings (SSSR count). The van der Waals surface area contributed by atoms with E-state index in [1.165, 1.54) is 4.57 Å². The minimum absolute atomic E-state index is 0.195. The molecule has 4 nitrogen and oxygen atoms in total. The van der Waals surface area contributed by atoms with Crippen molar-refractivity contribution < 1.29 is 0 Å². The third kappa shape index (κ3) is 2.86. The zero-order chi connectivity index (χ0) is 11.5. The lowest BCUT2D eigenvalue weighted by atomic mass is 10.1. The minimum atomic E-state index is -0.524. The fourth-order valence-electron chi connectivity index (χ4n) is 0.972. The van der Waals surface area contributed by atoms with Gasteiger partial charge in [0, 0.05) is 31.2 Å². The average molecular weight is 250 g/mol. The van der Waals surface area contributed by atoms with Gasteiger partial charge < -0.3 is 9.88 Å². The highest BCUT2D eigenvalue weighted by molar-refractivity contribution is 6.22. The summed E-state index contributed by atoms with van der Waals surface area (Å²) in [6, 6.07) is 0. The smallest absolute Gasteiger partial charge is 0.293 e. The Morgan fingerprint density at radius 1 is 1.53 bits per heavy atom. The van der Waals surface area contributed by atoms with Crippen molar-refractivity contribution in [2.75, 3.05) is 17.1 Å². The summed E-state index contributed by atoms with van der Waals surface area (Å²) in [5.74, 6) is 0.871. The van der Waals surface area contributed by atoms with Crippen LogP contribution in [-0.4, -0.2) is 26.9 Å². The van der Waals surface area contributed by atoms with Gasteiger partial charge in [-0.25, -0.2) is 4.98 Å². The summed E-state index contributed by atoms with van der Waals surface area (Å²) in [6.45, 7) is 1.83. The Kier molecular flexibility index (Phi) is 3.99. The van der Waals surface area contributed by atoms with Gasteiger partial charge >= 0.3 is 0 Å². The van der Waals surface area contributed by atoms with Gasteiger partial charge in [-0.05, 0) is 6.92 Å². The molecule has 1 heterocycles. The number of aryl methyl sites for hydroxylation is 1. The van der Waals surface area contributed by atoms with Crippen LogP contribution in [0, 0.1) is 0 Å². The molecule has 1 N–H and O–H groups in total. The number of hydrogen-bond acceptors (Lipinski definition) is 3. The fourth-order valence-corrected chi connectivity index (χ4v) is 1.39. The summed E-state index contributed by atoms with van der Waals surface area (Å²) in [6.07, 6.45) is 3.14. The molecule has 0 saturated heterocycles. The highest BCUT2D eigenvalue weighted by Crippen LogP contribution is 2.13. The van der Waals surface area contributed by atoms with Crippen molar-refractivity contribution in [3.8, 4) is 0 Å². The molecule has 0 amide bonds. The molecule has 0 aliphatic heterocycles. The van der Waals surface area contributed by atoms with Gasteiger partial charge in [-0.1, -0.05) is 0 Å². The van der Waals surface area contributed by atoms with Crippen LogP contribution in [0.2, 0.25) is 0 Å². The lowest BCUT2D eigenvalue weighted by Gasteiger charge is -2.26. The summed E-state index contributed by atoms with van der Waals surface area (Å²) in [5, 5.41) is 2.96. The first-order valence-electron chi connectivity index (χ1n) is 4.44. The second-order valence-corrected chi connectivity index (χ2v) is 4.18. The monoisotopic (exact) mass is 249 g/mol. The van der Waals surface area contributed by atoms with E-state index in [2.05, 4.69) is 10.3 Å². The molecule has 15 heavy (non-hydrogen) atoms. The van der Waals surface area contributed by atoms with Gasteiger partial charge in [0.05, 0.1) is 5.54 Å². The molecule has 0 unspecified atom stereocenters.